The van der Waals surface area contributed by atoms with Gasteiger partial charge < -0.3 is 4.90 Å². The third-order valence-corrected chi connectivity index (χ3v) is 13.8. The zero-order valence-corrected chi connectivity index (χ0v) is 40.4. The highest BCUT2D eigenvalue weighted by atomic mass is 15.1. The fourth-order valence-corrected chi connectivity index (χ4v) is 10.0. The van der Waals surface area contributed by atoms with Gasteiger partial charge in [0.1, 0.15) is 0 Å². The minimum atomic E-state index is 1.07. The summed E-state index contributed by atoms with van der Waals surface area (Å²) in [5.74, 6) is 0. The molecule has 1 nitrogen and oxygen atoms in total. The maximum absolute atomic E-state index is 2.36. The largest absolute Gasteiger partial charge is 0.311 e. The Morgan fingerprint density at radius 3 is 0.726 bits per heavy atom. The van der Waals surface area contributed by atoms with Gasteiger partial charge in [-0.3, -0.25) is 0 Å². The lowest BCUT2D eigenvalue weighted by Gasteiger charge is -2.26. The number of benzene rings is 12. The van der Waals surface area contributed by atoms with E-state index in [1.807, 2.05) is 0 Å². The molecular formula is C72H51N. The Balaban J connectivity index is 0.937. The highest BCUT2D eigenvalue weighted by molar-refractivity contribution is 5.98. The van der Waals surface area contributed by atoms with Gasteiger partial charge in [0.05, 0.1) is 0 Å². The maximum atomic E-state index is 2.36. The van der Waals surface area contributed by atoms with Crippen molar-refractivity contribution in [3.8, 4) is 0 Å². The summed E-state index contributed by atoms with van der Waals surface area (Å²) in [5, 5.41) is 7.39. The van der Waals surface area contributed by atoms with Crippen LogP contribution < -0.4 is 4.90 Å². The monoisotopic (exact) mass is 929 g/mol. The molecule has 344 valence electrons. The van der Waals surface area contributed by atoms with E-state index in [2.05, 4.69) is 314 Å². The summed E-state index contributed by atoms with van der Waals surface area (Å²) in [6, 6.07) is 105. The van der Waals surface area contributed by atoms with E-state index in [0.717, 1.165) is 33.8 Å². The molecule has 0 N–H and O–H groups in total. The van der Waals surface area contributed by atoms with E-state index in [-0.39, 0.29) is 0 Å². The van der Waals surface area contributed by atoms with Crippen LogP contribution in [-0.4, -0.2) is 0 Å². The van der Waals surface area contributed by atoms with Gasteiger partial charge in [0, 0.05) is 17.1 Å². The summed E-state index contributed by atoms with van der Waals surface area (Å²) in [4.78, 5) is 2.36. The lowest BCUT2D eigenvalue weighted by Crippen LogP contribution is -2.09. The molecule has 0 unspecified atom stereocenters. The minimum absolute atomic E-state index is 1.07. The molecule has 12 rings (SSSR count). The molecule has 0 saturated carbocycles. The van der Waals surface area contributed by atoms with Crippen molar-refractivity contribution in [2.75, 3.05) is 4.90 Å². The molecule has 0 aliphatic rings. The second-order valence-corrected chi connectivity index (χ2v) is 18.6. The Hall–Kier alpha value is -9.56. The quantitative estimate of drug-likeness (QED) is 0.110. The molecule has 0 aromatic heterocycles. The average molecular weight is 930 g/mol. The highest BCUT2D eigenvalue weighted by Gasteiger charge is 2.15. The van der Waals surface area contributed by atoms with Crippen molar-refractivity contribution < 1.29 is 0 Å². The molecule has 0 bridgehead atoms. The van der Waals surface area contributed by atoms with Crippen LogP contribution >= 0.6 is 0 Å². The SMILES string of the molecule is C(=C(c1ccccc1)c1ccc2ccccc2c1)c1ccc(N(c2ccc(C=C(c3ccccc3)c3ccc4ccccc4c3)cc2)c2ccc(C=C(c3ccccc3)c3ccc4ccccc4c3)cc2)cc1. The van der Waals surface area contributed by atoms with E-state index in [9.17, 15) is 0 Å². The van der Waals surface area contributed by atoms with E-state index in [0.29, 0.717) is 0 Å². The summed E-state index contributed by atoms with van der Waals surface area (Å²) in [6.07, 6.45) is 6.95. The van der Waals surface area contributed by atoms with Crippen molar-refractivity contribution >= 4 is 84.3 Å². The van der Waals surface area contributed by atoms with Gasteiger partial charge in [-0.25, -0.2) is 0 Å². The zero-order chi connectivity index (χ0) is 48.8. The van der Waals surface area contributed by atoms with Crippen LogP contribution in [0.3, 0.4) is 0 Å². The number of hydrogen-bond acceptors (Lipinski definition) is 1. The van der Waals surface area contributed by atoms with Crippen molar-refractivity contribution in [2.24, 2.45) is 0 Å². The Morgan fingerprint density at radius 1 is 0.205 bits per heavy atom. The molecule has 0 heterocycles. The summed E-state index contributed by atoms with van der Waals surface area (Å²) in [7, 11) is 0. The molecule has 0 atom stereocenters. The van der Waals surface area contributed by atoms with Crippen LogP contribution in [-0.2, 0) is 0 Å². The molecule has 1 heteroatoms. The predicted molar refractivity (Wildman–Crippen MR) is 313 cm³/mol. The second kappa shape index (κ2) is 20.4. The Morgan fingerprint density at radius 2 is 0.452 bits per heavy atom. The van der Waals surface area contributed by atoms with E-state index in [4.69, 9.17) is 0 Å². The van der Waals surface area contributed by atoms with Crippen molar-refractivity contribution in [1.82, 2.24) is 0 Å². The van der Waals surface area contributed by atoms with Crippen LogP contribution in [0, 0.1) is 0 Å². The third kappa shape index (κ3) is 9.82. The summed E-state index contributed by atoms with van der Waals surface area (Å²) < 4.78 is 0. The first-order valence-corrected chi connectivity index (χ1v) is 25.0. The van der Waals surface area contributed by atoms with Gasteiger partial charge >= 0.3 is 0 Å². The third-order valence-electron chi connectivity index (χ3n) is 13.8. The van der Waals surface area contributed by atoms with Crippen molar-refractivity contribution in [2.45, 2.75) is 0 Å². The molecule has 12 aromatic rings. The van der Waals surface area contributed by atoms with Crippen molar-refractivity contribution in [1.29, 1.82) is 0 Å². The Labute approximate surface area is 428 Å². The van der Waals surface area contributed by atoms with Gasteiger partial charge in [-0.1, -0.05) is 237 Å². The standard InChI is InChI=1S/C72H51N/c1-4-19-58(20-5-1)70(64-37-34-55-16-10-13-25-61(55)49-64)46-52-28-40-67(41-29-52)73(68-42-30-53(31-43-68)47-71(59-21-6-2-7-22-59)65-38-35-56-17-11-14-26-62(56)50-65)69-44-32-54(33-45-69)48-72(60-23-8-3-9-24-60)66-39-36-57-18-12-15-27-63(57)51-66/h1-51H. The minimum Gasteiger partial charge on any atom is -0.311 e. The first-order valence-electron chi connectivity index (χ1n) is 25.0. The maximum Gasteiger partial charge on any atom is 0.0462 e. The Bertz CT molecular complexity index is 3540. The normalized spacial score (nSPS) is 12.1. The molecule has 0 aliphatic heterocycles. The van der Waals surface area contributed by atoms with Gasteiger partial charge in [0.2, 0.25) is 0 Å². The lowest BCUT2D eigenvalue weighted by atomic mass is 9.93. The topological polar surface area (TPSA) is 3.24 Å². The Kier molecular flexibility index (Phi) is 12.5. The fourth-order valence-electron chi connectivity index (χ4n) is 10.0. The number of rotatable bonds is 12. The number of hydrogen-bond donors (Lipinski definition) is 0. The molecule has 0 spiro atoms. The number of nitrogens with zero attached hydrogens (tertiary/aromatic N) is 1. The van der Waals surface area contributed by atoms with E-state index >= 15 is 0 Å². The molecule has 0 amide bonds. The van der Waals surface area contributed by atoms with Crippen LogP contribution in [0.5, 0.6) is 0 Å². The molecule has 0 saturated heterocycles. The van der Waals surface area contributed by atoms with Crippen LogP contribution in [0.15, 0.2) is 291 Å². The van der Waals surface area contributed by atoms with Crippen LogP contribution in [0.4, 0.5) is 17.1 Å². The van der Waals surface area contributed by atoms with E-state index in [1.54, 1.807) is 0 Å². The molecular weight excluding hydrogens is 879 g/mol. The molecule has 0 radical (unpaired) electrons. The summed E-state index contributed by atoms with van der Waals surface area (Å²) in [6.45, 7) is 0. The smallest absolute Gasteiger partial charge is 0.0462 e. The van der Waals surface area contributed by atoms with Crippen LogP contribution in [0.1, 0.15) is 50.1 Å². The first kappa shape index (κ1) is 44.6. The van der Waals surface area contributed by atoms with Gasteiger partial charge in [0.15, 0.2) is 0 Å². The fraction of sp³-hybridized carbons (Fsp3) is 0. The number of anilines is 3. The van der Waals surface area contributed by atoms with Crippen molar-refractivity contribution in [3.05, 3.63) is 341 Å². The molecule has 12 aromatic carbocycles. The van der Waals surface area contributed by atoms with Gasteiger partial charge in [-0.05, 0) is 172 Å². The van der Waals surface area contributed by atoms with E-state index < -0.39 is 0 Å². The average Bonchev–Trinajstić information content (AvgIpc) is 3.46. The first-order chi connectivity index (χ1) is 36.1. The second-order valence-electron chi connectivity index (χ2n) is 18.6. The molecule has 0 fully saturated rings. The zero-order valence-electron chi connectivity index (χ0n) is 40.4. The molecule has 73 heavy (non-hydrogen) atoms. The van der Waals surface area contributed by atoms with Crippen LogP contribution in [0.25, 0.3) is 67.3 Å². The van der Waals surface area contributed by atoms with Crippen molar-refractivity contribution in [3.63, 3.8) is 0 Å². The van der Waals surface area contributed by atoms with Crippen LogP contribution in [0.2, 0.25) is 0 Å². The number of fused-ring (bicyclic) bond motifs is 3. The van der Waals surface area contributed by atoms with Gasteiger partial charge in [0.25, 0.3) is 0 Å². The highest BCUT2D eigenvalue weighted by Crippen LogP contribution is 2.38. The predicted octanol–water partition coefficient (Wildman–Crippen LogP) is 19.4. The molecule has 0 aliphatic carbocycles. The summed E-state index contributed by atoms with van der Waals surface area (Å²) in [5.41, 5.74) is 17.2. The van der Waals surface area contributed by atoms with Gasteiger partial charge in [-0.2, -0.15) is 0 Å². The van der Waals surface area contributed by atoms with E-state index in [1.165, 1.54) is 82.4 Å². The lowest BCUT2D eigenvalue weighted by molar-refractivity contribution is 1.28. The van der Waals surface area contributed by atoms with Gasteiger partial charge in [-0.15, -0.1) is 0 Å². The summed E-state index contributed by atoms with van der Waals surface area (Å²) >= 11 is 0.